The largest absolute Gasteiger partial charge is 0.444 e. The number of ether oxygens (including phenoxy) is 1. The van der Waals surface area contributed by atoms with E-state index in [9.17, 15) is 4.79 Å². The van der Waals surface area contributed by atoms with Gasteiger partial charge in [0.15, 0.2) is 5.96 Å². The van der Waals surface area contributed by atoms with E-state index in [2.05, 4.69) is 29.5 Å². The van der Waals surface area contributed by atoms with Gasteiger partial charge in [-0.15, -0.1) is 24.0 Å². The third kappa shape index (κ3) is 9.22. The number of likely N-dealkylation sites (tertiary alicyclic amines) is 1. The SMILES string of the molecule is CN=C(NCC1CCCN(C(=O)OC(C)(C)C)C1)NC(C)C.I. The summed E-state index contributed by atoms with van der Waals surface area (Å²) in [6.45, 7) is 12.2. The molecule has 6 nitrogen and oxygen atoms in total. The first-order valence-electron chi connectivity index (χ1n) is 8.16. The number of rotatable bonds is 3. The molecule has 23 heavy (non-hydrogen) atoms. The third-order valence-corrected chi connectivity index (χ3v) is 3.38. The molecule has 0 radical (unpaired) electrons. The Balaban J connectivity index is 0.00000484. The van der Waals surface area contributed by atoms with Gasteiger partial charge in [0.05, 0.1) is 0 Å². The number of guanidine groups is 1. The van der Waals surface area contributed by atoms with E-state index >= 15 is 0 Å². The van der Waals surface area contributed by atoms with Crippen molar-refractivity contribution in [2.45, 2.75) is 59.1 Å². The van der Waals surface area contributed by atoms with E-state index in [1.54, 1.807) is 7.05 Å². The summed E-state index contributed by atoms with van der Waals surface area (Å²) in [5.41, 5.74) is -0.439. The number of hydrogen-bond donors (Lipinski definition) is 2. The van der Waals surface area contributed by atoms with Crippen molar-refractivity contribution in [2.75, 3.05) is 26.7 Å². The second kappa shape index (κ2) is 10.2. The van der Waals surface area contributed by atoms with Crippen LogP contribution in [0.15, 0.2) is 4.99 Å². The summed E-state index contributed by atoms with van der Waals surface area (Å²) in [7, 11) is 1.77. The molecule has 1 aliphatic rings. The number of nitrogens with zero attached hydrogens (tertiary/aromatic N) is 2. The molecule has 1 amide bonds. The quantitative estimate of drug-likeness (QED) is 0.403. The van der Waals surface area contributed by atoms with Gasteiger partial charge in [0.2, 0.25) is 0 Å². The number of hydrogen-bond acceptors (Lipinski definition) is 3. The van der Waals surface area contributed by atoms with Crippen LogP contribution in [0.1, 0.15) is 47.5 Å². The van der Waals surface area contributed by atoms with Gasteiger partial charge < -0.3 is 20.3 Å². The number of nitrogens with one attached hydrogen (secondary N) is 2. The molecule has 1 unspecified atom stereocenters. The van der Waals surface area contributed by atoms with E-state index in [1.807, 2.05) is 25.7 Å². The van der Waals surface area contributed by atoms with Gasteiger partial charge in [-0.25, -0.2) is 4.79 Å². The van der Waals surface area contributed by atoms with Crippen molar-refractivity contribution in [1.29, 1.82) is 0 Å². The monoisotopic (exact) mass is 440 g/mol. The molecular formula is C16H33IN4O2. The summed E-state index contributed by atoms with van der Waals surface area (Å²) in [6.07, 6.45) is 1.93. The molecule has 1 heterocycles. The van der Waals surface area contributed by atoms with E-state index in [4.69, 9.17) is 4.74 Å². The number of amides is 1. The van der Waals surface area contributed by atoms with Crippen molar-refractivity contribution < 1.29 is 9.53 Å². The number of aliphatic imine (C=N–C) groups is 1. The van der Waals surface area contributed by atoms with Crippen molar-refractivity contribution in [3.05, 3.63) is 0 Å². The van der Waals surface area contributed by atoms with Crippen LogP contribution in [0, 0.1) is 5.92 Å². The summed E-state index contributed by atoms with van der Waals surface area (Å²) in [6, 6.07) is 0.343. The Kier molecular flexibility index (Phi) is 9.88. The van der Waals surface area contributed by atoms with Crippen LogP contribution in [0.3, 0.4) is 0 Å². The minimum Gasteiger partial charge on any atom is -0.444 e. The summed E-state index contributed by atoms with van der Waals surface area (Å²) in [4.78, 5) is 18.2. The van der Waals surface area contributed by atoms with Crippen molar-refractivity contribution in [1.82, 2.24) is 15.5 Å². The van der Waals surface area contributed by atoms with Crippen LogP contribution in [-0.2, 0) is 4.74 Å². The van der Waals surface area contributed by atoms with Gasteiger partial charge in [0.25, 0.3) is 0 Å². The molecule has 136 valence electrons. The zero-order valence-electron chi connectivity index (χ0n) is 15.3. The molecule has 1 fully saturated rings. The van der Waals surface area contributed by atoms with E-state index in [0.29, 0.717) is 12.0 Å². The third-order valence-electron chi connectivity index (χ3n) is 3.38. The highest BCUT2D eigenvalue weighted by Gasteiger charge is 2.27. The van der Waals surface area contributed by atoms with Gasteiger partial charge >= 0.3 is 6.09 Å². The molecule has 0 saturated carbocycles. The van der Waals surface area contributed by atoms with Gasteiger partial charge in [-0.05, 0) is 53.4 Å². The number of halogens is 1. The van der Waals surface area contributed by atoms with Crippen molar-refractivity contribution in [2.24, 2.45) is 10.9 Å². The van der Waals surface area contributed by atoms with E-state index in [-0.39, 0.29) is 30.1 Å². The molecule has 0 aromatic carbocycles. The Hall–Kier alpha value is -0.730. The van der Waals surface area contributed by atoms with Crippen LogP contribution in [0.5, 0.6) is 0 Å². The minimum absolute atomic E-state index is 0. The lowest BCUT2D eigenvalue weighted by atomic mass is 9.98. The molecule has 7 heteroatoms. The Labute approximate surface area is 157 Å². The molecule has 1 rings (SSSR count). The molecule has 1 saturated heterocycles. The Morgan fingerprint density at radius 1 is 1.39 bits per heavy atom. The number of piperidine rings is 1. The summed E-state index contributed by atoms with van der Waals surface area (Å²) in [5, 5.41) is 6.61. The Bertz CT molecular complexity index is 394. The molecule has 0 bridgehead atoms. The maximum Gasteiger partial charge on any atom is 0.410 e. The fourth-order valence-electron chi connectivity index (χ4n) is 2.43. The van der Waals surface area contributed by atoms with Crippen LogP contribution in [0.4, 0.5) is 4.79 Å². The van der Waals surface area contributed by atoms with Gasteiger partial charge in [-0.2, -0.15) is 0 Å². The molecule has 0 aromatic heterocycles. The van der Waals surface area contributed by atoms with Crippen LogP contribution in [-0.4, -0.2) is 55.3 Å². The molecule has 1 aliphatic heterocycles. The van der Waals surface area contributed by atoms with E-state index < -0.39 is 5.60 Å². The van der Waals surface area contributed by atoms with E-state index in [0.717, 1.165) is 38.4 Å². The van der Waals surface area contributed by atoms with Crippen molar-refractivity contribution in [3.63, 3.8) is 0 Å². The summed E-state index contributed by atoms with van der Waals surface area (Å²) in [5.74, 6) is 1.23. The predicted molar refractivity (Wildman–Crippen MR) is 106 cm³/mol. The highest BCUT2D eigenvalue weighted by Crippen LogP contribution is 2.18. The fraction of sp³-hybridized carbons (Fsp3) is 0.875. The van der Waals surface area contributed by atoms with Crippen LogP contribution >= 0.6 is 24.0 Å². The summed E-state index contributed by atoms with van der Waals surface area (Å²) >= 11 is 0. The molecule has 1 atom stereocenters. The standard InChI is InChI=1S/C16H32N4O2.HI/c1-12(2)19-14(17-6)18-10-13-8-7-9-20(11-13)15(21)22-16(3,4)5;/h12-13H,7-11H2,1-6H3,(H2,17,18,19);1H. The lowest BCUT2D eigenvalue weighted by Crippen LogP contribution is -2.48. The fourth-order valence-corrected chi connectivity index (χ4v) is 2.43. The zero-order valence-corrected chi connectivity index (χ0v) is 17.6. The van der Waals surface area contributed by atoms with Crippen LogP contribution in [0.2, 0.25) is 0 Å². The van der Waals surface area contributed by atoms with Crippen LogP contribution in [0.25, 0.3) is 0 Å². The molecule has 2 N–H and O–H groups in total. The molecule has 0 aromatic rings. The summed E-state index contributed by atoms with van der Waals surface area (Å²) < 4.78 is 5.46. The van der Waals surface area contributed by atoms with Gasteiger partial charge in [0.1, 0.15) is 5.60 Å². The average Bonchev–Trinajstić information content (AvgIpc) is 2.41. The van der Waals surface area contributed by atoms with E-state index in [1.165, 1.54) is 0 Å². The molecule has 0 aliphatic carbocycles. The molecular weight excluding hydrogens is 407 g/mol. The number of carbonyl (C=O) groups is 1. The maximum atomic E-state index is 12.1. The maximum absolute atomic E-state index is 12.1. The first-order valence-corrected chi connectivity index (χ1v) is 8.16. The smallest absolute Gasteiger partial charge is 0.410 e. The van der Waals surface area contributed by atoms with Crippen molar-refractivity contribution in [3.8, 4) is 0 Å². The first kappa shape index (κ1) is 22.3. The zero-order chi connectivity index (χ0) is 16.8. The van der Waals surface area contributed by atoms with Crippen molar-refractivity contribution >= 4 is 36.0 Å². The Morgan fingerprint density at radius 2 is 2.04 bits per heavy atom. The highest BCUT2D eigenvalue weighted by molar-refractivity contribution is 14.0. The van der Waals surface area contributed by atoms with Gasteiger partial charge in [-0.3, -0.25) is 4.99 Å². The first-order chi connectivity index (χ1) is 10.2. The number of carbonyl (C=O) groups excluding carboxylic acids is 1. The lowest BCUT2D eigenvalue weighted by molar-refractivity contribution is 0.0168. The predicted octanol–water partition coefficient (Wildman–Crippen LogP) is 2.82. The second-order valence-electron chi connectivity index (χ2n) is 7.19. The lowest BCUT2D eigenvalue weighted by Gasteiger charge is -2.34. The second-order valence-corrected chi connectivity index (χ2v) is 7.19. The minimum atomic E-state index is -0.439. The normalized spacial score (nSPS) is 19.2. The van der Waals surface area contributed by atoms with Crippen LogP contribution < -0.4 is 10.6 Å². The van der Waals surface area contributed by atoms with Gasteiger partial charge in [0, 0.05) is 32.7 Å². The van der Waals surface area contributed by atoms with Gasteiger partial charge in [-0.1, -0.05) is 0 Å². The average molecular weight is 440 g/mol. The highest BCUT2D eigenvalue weighted by atomic mass is 127. The Morgan fingerprint density at radius 3 is 2.57 bits per heavy atom. The topological polar surface area (TPSA) is 66.0 Å². The molecule has 0 spiro atoms.